The summed E-state index contributed by atoms with van der Waals surface area (Å²) >= 11 is 2.75. The molecule has 0 saturated heterocycles. The van der Waals surface area contributed by atoms with E-state index in [0.717, 1.165) is 27.8 Å². The Morgan fingerprint density at radius 1 is 1.38 bits per heavy atom. The second-order valence-electron chi connectivity index (χ2n) is 5.25. The number of carboxylic acids is 1. The molecular weight excluding hydrogens is 308 g/mol. The minimum atomic E-state index is -0.853. The number of rotatable bonds is 6. The number of hydrogen-bond donors (Lipinski definition) is 2. The topological polar surface area (TPSA) is 79.3 Å². The van der Waals surface area contributed by atoms with Crippen LogP contribution in [0.15, 0.2) is 4.34 Å². The molecule has 1 aromatic heterocycles. The first-order valence-electron chi connectivity index (χ1n) is 7.15. The smallest absolute Gasteiger partial charge is 0.308 e. The van der Waals surface area contributed by atoms with Crippen molar-refractivity contribution < 1.29 is 14.7 Å². The maximum atomic E-state index is 11.9. The number of carbonyl (C=O) groups is 2. The van der Waals surface area contributed by atoms with Crippen LogP contribution in [0.25, 0.3) is 0 Å². The number of hydrogen-bond acceptors (Lipinski definition) is 5. The van der Waals surface area contributed by atoms with Gasteiger partial charge in [0, 0.05) is 10.9 Å². The Morgan fingerprint density at radius 3 is 2.76 bits per heavy atom. The van der Waals surface area contributed by atoms with Crippen LogP contribution in [0.2, 0.25) is 0 Å². The maximum Gasteiger partial charge on any atom is 0.308 e. The zero-order valence-corrected chi connectivity index (χ0v) is 13.7. The van der Waals surface area contributed by atoms with E-state index in [4.69, 9.17) is 5.11 Å². The average molecular weight is 328 g/mol. The predicted octanol–water partition coefficient (Wildman–Crippen LogP) is 2.62. The van der Waals surface area contributed by atoms with E-state index in [9.17, 15) is 9.59 Å². The van der Waals surface area contributed by atoms with E-state index in [1.807, 2.05) is 0 Å². The summed E-state index contributed by atoms with van der Waals surface area (Å²) in [7, 11) is 0. The molecule has 0 aromatic carbocycles. The Morgan fingerprint density at radius 2 is 2.10 bits per heavy atom. The standard InChI is InChI=1S/C14H20N2O3S2/c1-9-11(7-13(18)19)21-14(15-9)20-8-12(17)16-10-5-3-2-4-6-10/h10H,2-8H2,1H3,(H,16,17)(H,18,19). The van der Waals surface area contributed by atoms with Gasteiger partial charge in [0.05, 0.1) is 17.9 Å². The third kappa shape index (κ3) is 5.32. The predicted molar refractivity (Wildman–Crippen MR) is 83.9 cm³/mol. The summed E-state index contributed by atoms with van der Waals surface area (Å²) in [5.41, 5.74) is 0.748. The quantitative estimate of drug-likeness (QED) is 0.785. The van der Waals surface area contributed by atoms with E-state index in [-0.39, 0.29) is 12.3 Å². The van der Waals surface area contributed by atoms with Crippen molar-refractivity contribution in [1.29, 1.82) is 0 Å². The molecule has 0 radical (unpaired) electrons. The van der Waals surface area contributed by atoms with Crippen molar-refractivity contribution in [1.82, 2.24) is 10.3 Å². The molecule has 0 spiro atoms. The number of carboxylic acid groups (broad SMARTS) is 1. The van der Waals surface area contributed by atoms with E-state index < -0.39 is 5.97 Å². The fourth-order valence-electron chi connectivity index (χ4n) is 2.41. The first kappa shape index (κ1) is 16.3. The molecule has 116 valence electrons. The molecule has 2 rings (SSSR count). The Hall–Kier alpha value is -1.08. The molecule has 1 aliphatic rings. The van der Waals surface area contributed by atoms with Crippen molar-refractivity contribution in [2.75, 3.05) is 5.75 Å². The highest BCUT2D eigenvalue weighted by Crippen LogP contribution is 2.27. The molecule has 0 unspecified atom stereocenters. The first-order valence-corrected chi connectivity index (χ1v) is 8.95. The second-order valence-corrected chi connectivity index (χ2v) is 7.56. The van der Waals surface area contributed by atoms with Gasteiger partial charge in [0.1, 0.15) is 0 Å². The van der Waals surface area contributed by atoms with Crippen LogP contribution < -0.4 is 5.32 Å². The first-order chi connectivity index (χ1) is 10.0. The fourth-order valence-corrected chi connectivity index (χ4v) is 4.44. The number of carbonyl (C=O) groups excluding carboxylic acids is 1. The van der Waals surface area contributed by atoms with E-state index >= 15 is 0 Å². The molecule has 1 aromatic rings. The van der Waals surface area contributed by atoms with Crippen molar-refractivity contribution in [3.63, 3.8) is 0 Å². The number of aliphatic carboxylic acids is 1. The lowest BCUT2D eigenvalue weighted by atomic mass is 9.95. The molecule has 1 saturated carbocycles. The van der Waals surface area contributed by atoms with Gasteiger partial charge in [0.25, 0.3) is 0 Å². The Kier molecular flexibility index (Phi) is 6.05. The van der Waals surface area contributed by atoms with Gasteiger partial charge in [-0.05, 0) is 19.8 Å². The van der Waals surface area contributed by atoms with Gasteiger partial charge in [-0.2, -0.15) is 0 Å². The monoisotopic (exact) mass is 328 g/mol. The lowest BCUT2D eigenvalue weighted by Crippen LogP contribution is -2.37. The summed E-state index contributed by atoms with van der Waals surface area (Å²) < 4.78 is 0.766. The number of aryl methyl sites for hydroxylation is 1. The van der Waals surface area contributed by atoms with Crippen LogP contribution in [0.5, 0.6) is 0 Å². The molecule has 7 heteroatoms. The third-order valence-corrected chi connectivity index (χ3v) is 5.78. The van der Waals surface area contributed by atoms with Crippen LogP contribution >= 0.6 is 23.1 Å². The average Bonchev–Trinajstić information content (AvgIpc) is 2.77. The van der Waals surface area contributed by atoms with Crippen molar-refractivity contribution in [3.05, 3.63) is 10.6 Å². The van der Waals surface area contributed by atoms with Crippen molar-refractivity contribution in [2.45, 2.75) is 55.8 Å². The number of nitrogens with one attached hydrogen (secondary N) is 1. The van der Waals surface area contributed by atoms with E-state index in [1.165, 1.54) is 42.4 Å². The molecule has 1 heterocycles. The van der Waals surface area contributed by atoms with E-state index in [1.54, 1.807) is 6.92 Å². The zero-order valence-electron chi connectivity index (χ0n) is 12.1. The highest BCUT2D eigenvalue weighted by Gasteiger charge is 2.17. The Labute approximate surface area is 132 Å². The van der Waals surface area contributed by atoms with Crippen molar-refractivity contribution in [3.8, 4) is 0 Å². The zero-order chi connectivity index (χ0) is 15.2. The molecule has 2 N–H and O–H groups in total. The van der Waals surface area contributed by atoms with Gasteiger partial charge >= 0.3 is 5.97 Å². The molecular formula is C14H20N2O3S2. The van der Waals surface area contributed by atoms with Crippen molar-refractivity contribution in [2.24, 2.45) is 0 Å². The molecule has 1 fully saturated rings. The Balaban J connectivity index is 1.79. The Bertz CT molecular complexity index is 510. The lowest BCUT2D eigenvalue weighted by Gasteiger charge is -2.22. The summed E-state index contributed by atoms with van der Waals surface area (Å²) in [6.45, 7) is 1.81. The van der Waals surface area contributed by atoms with Gasteiger partial charge in [0.15, 0.2) is 4.34 Å². The van der Waals surface area contributed by atoms with Crippen LogP contribution in [0.1, 0.15) is 42.7 Å². The van der Waals surface area contributed by atoms with Gasteiger partial charge in [0.2, 0.25) is 5.91 Å². The number of thioether (sulfide) groups is 1. The summed E-state index contributed by atoms with van der Waals surface area (Å²) in [4.78, 5) is 27.7. The largest absolute Gasteiger partial charge is 0.481 e. The summed E-state index contributed by atoms with van der Waals surface area (Å²) in [6.07, 6.45) is 5.82. The molecule has 5 nitrogen and oxygen atoms in total. The second kappa shape index (κ2) is 7.79. The normalized spacial score (nSPS) is 15.9. The molecule has 1 amide bonds. The summed E-state index contributed by atoms with van der Waals surface area (Å²) in [5.74, 6) is -0.469. The van der Waals surface area contributed by atoms with E-state index in [2.05, 4.69) is 10.3 Å². The van der Waals surface area contributed by atoms with Crippen LogP contribution in [0.4, 0.5) is 0 Å². The number of aromatic nitrogens is 1. The van der Waals surface area contributed by atoms with Gasteiger partial charge in [-0.1, -0.05) is 31.0 Å². The highest BCUT2D eigenvalue weighted by atomic mass is 32.2. The third-order valence-electron chi connectivity index (χ3n) is 3.48. The summed E-state index contributed by atoms with van der Waals surface area (Å²) in [6, 6.07) is 0.326. The van der Waals surface area contributed by atoms with Crippen LogP contribution in [0.3, 0.4) is 0 Å². The van der Waals surface area contributed by atoms with E-state index in [0.29, 0.717) is 11.8 Å². The minimum absolute atomic E-state index is 0.00166. The number of nitrogens with zero attached hydrogens (tertiary/aromatic N) is 1. The van der Waals surface area contributed by atoms with Crippen molar-refractivity contribution >= 4 is 35.0 Å². The SMILES string of the molecule is Cc1nc(SCC(=O)NC2CCCCC2)sc1CC(=O)O. The minimum Gasteiger partial charge on any atom is -0.481 e. The molecule has 0 bridgehead atoms. The number of thiazole rings is 1. The maximum absolute atomic E-state index is 11.9. The number of amides is 1. The van der Waals surface area contributed by atoms with Crippen LogP contribution in [0, 0.1) is 6.92 Å². The van der Waals surface area contributed by atoms with Crippen LogP contribution in [-0.4, -0.2) is 33.8 Å². The highest BCUT2D eigenvalue weighted by molar-refractivity contribution is 8.01. The molecule has 1 aliphatic carbocycles. The van der Waals surface area contributed by atoms with Crippen LogP contribution in [-0.2, 0) is 16.0 Å². The van der Waals surface area contributed by atoms with Gasteiger partial charge in [-0.3, -0.25) is 9.59 Å². The molecule has 0 atom stereocenters. The van der Waals surface area contributed by atoms with Gasteiger partial charge in [-0.25, -0.2) is 4.98 Å². The summed E-state index contributed by atoms with van der Waals surface area (Å²) in [5, 5.41) is 11.9. The van der Waals surface area contributed by atoms with Gasteiger partial charge in [-0.15, -0.1) is 11.3 Å². The van der Waals surface area contributed by atoms with Gasteiger partial charge < -0.3 is 10.4 Å². The molecule has 21 heavy (non-hydrogen) atoms. The fraction of sp³-hybridized carbons (Fsp3) is 0.643. The lowest BCUT2D eigenvalue weighted by molar-refractivity contribution is -0.136. The molecule has 0 aliphatic heterocycles.